The van der Waals surface area contributed by atoms with E-state index in [4.69, 9.17) is 27.4 Å². The van der Waals surface area contributed by atoms with Gasteiger partial charge < -0.3 is 15.2 Å². The number of aryl methyl sites for hydroxylation is 1. The van der Waals surface area contributed by atoms with Gasteiger partial charge in [-0.1, -0.05) is 37.3 Å². The lowest BCUT2D eigenvalue weighted by Gasteiger charge is -2.14. The van der Waals surface area contributed by atoms with Crippen LogP contribution in [0.5, 0.6) is 17.2 Å². The minimum Gasteiger partial charge on any atom is -0.490 e. The van der Waals surface area contributed by atoms with Crippen molar-refractivity contribution in [2.24, 2.45) is 5.73 Å². The van der Waals surface area contributed by atoms with Crippen LogP contribution in [-0.2, 0) is 0 Å². The first kappa shape index (κ1) is 15.3. The third-order valence-electron chi connectivity index (χ3n) is 2.93. The van der Waals surface area contributed by atoms with E-state index >= 15 is 0 Å². The fraction of sp³-hybridized carbons (Fsp3) is 0.235. The fourth-order valence-electron chi connectivity index (χ4n) is 1.90. The lowest BCUT2D eigenvalue weighted by Crippen LogP contribution is -2.11. The van der Waals surface area contributed by atoms with Gasteiger partial charge in [0.25, 0.3) is 0 Å². The van der Waals surface area contributed by atoms with Crippen molar-refractivity contribution in [2.75, 3.05) is 6.61 Å². The van der Waals surface area contributed by atoms with Crippen LogP contribution in [0.3, 0.4) is 0 Å². The van der Waals surface area contributed by atoms with Crippen LogP contribution in [0.4, 0.5) is 0 Å². The standard InChI is InChI=1S/C17H19NO2S/c1-3-10-19-14-6-4-5-7-15(14)20-16-11-12(2)8-9-13(16)17(18)21/h4-9,11H,3,10H2,1-2H3,(H2,18,21). The number of benzene rings is 2. The van der Waals surface area contributed by atoms with Crippen molar-refractivity contribution in [1.82, 2.24) is 0 Å². The van der Waals surface area contributed by atoms with Gasteiger partial charge in [-0.25, -0.2) is 0 Å². The van der Waals surface area contributed by atoms with Gasteiger partial charge in [-0.3, -0.25) is 0 Å². The summed E-state index contributed by atoms with van der Waals surface area (Å²) in [6.45, 7) is 4.71. The first-order valence-electron chi connectivity index (χ1n) is 6.92. The molecule has 0 saturated heterocycles. The molecule has 2 aromatic rings. The second kappa shape index (κ2) is 7.09. The van der Waals surface area contributed by atoms with Crippen molar-refractivity contribution in [3.05, 3.63) is 53.6 Å². The molecule has 0 aliphatic rings. The zero-order chi connectivity index (χ0) is 15.2. The van der Waals surface area contributed by atoms with Gasteiger partial charge in [-0.15, -0.1) is 0 Å². The average Bonchev–Trinajstić information content (AvgIpc) is 2.46. The fourth-order valence-corrected chi connectivity index (χ4v) is 2.07. The third-order valence-corrected chi connectivity index (χ3v) is 3.15. The Hall–Kier alpha value is -2.07. The molecule has 2 aromatic carbocycles. The minimum absolute atomic E-state index is 0.317. The van der Waals surface area contributed by atoms with Gasteiger partial charge in [-0.05, 0) is 43.2 Å². The summed E-state index contributed by atoms with van der Waals surface area (Å²) < 4.78 is 11.7. The van der Waals surface area contributed by atoms with Crippen LogP contribution < -0.4 is 15.2 Å². The van der Waals surface area contributed by atoms with Gasteiger partial charge in [-0.2, -0.15) is 0 Å². The zero-order valence-electron chi connectivity index (χ0n) is 12.3. The van der Waals surface area contributed by atoms with Gasteiger partial charge in [0.2, 0.25) is 0 Å². The molecule has 0 aliphatic carbocycles. The van der Waals surface area contributed by atoms with E-state index in [0.29, 0.717) is 23.1 Å². The van der Waals surface area contributed by atoms with E-state index < -0.39 is 0 Å². The molecule has 0 spiro atoms. The Labute approximate surface area is 130 Å². The molecule has 0 radical (unpaired) electrons. The number of ether oxygens (including phenoxy) is 2. The normalized spacial score (nSPS) is 10.2. The van der Waals surface area contributed by atoms with Gasteiger partial charge >= 0.3 is 0 Å². The Kier molecular flexibility index (Phi) is 5.17. The van der Waals surface area contributed by atoms with Gasteiger partial charge in [0.05, 0.1) is 12.2 Å². The molecule has 2 rings (SSSR count). The summed E-state index contributed by atoms with van der Waals surface area (Å²) in [5.74, 6) is 2.03. The van der Waals surface area contributed by atoms with Crippen LogP contribution in [0.25, 0.3) is 0 Å². The highest BCUT2D eigenvalue weighted by Gasteiger charge is 2.11. The highest BCUT2D eigenvalue weighted by Crippen LogP contribution is 2.33. The number of hydrogen-bond donors (Lipinski definition) is 1. The maximum Gasteiger partial charge on any atom is 0.169 e. The van der Waals surface area contributed by atoms with Crippen LogP contribution in [0.2, 0.25) is 0 Å². The van der Waals surface area contributed by atoms with Crippen molar-refractivity contribution in [1.29, 1.82) is 0 Å². The summed E-state index contributed by atoms with van der Waals surface area (Å²) in [6.07, 6.45) is 0.941. The lowest BCUT2D eigenvalue weighted by atomic mass is 10.1. The van der Waals surface area contributed by atoms with E-state index in [1.807, 2.05) is 49.4 Å². The predicted molar refractivity (Wildman–Crippen MR) is 89.4 cm³/mol. The molecule has 0 fully saturated rings. The van der Waals surface area contributed by atoms with E-state index in [9.17, 15) is 0 Å². The molecule has 0 atom stereocenters. The maximum atomic E-state index is 5.99. The minimum atomic E-state index is 0.317. The van der Waals surface area contributed by atoms with E-state index in [-0.39, 0.29) is 0 Å². The lowest BCUT2D eigenvalue weighted by molar-refractivity contribution is 0.302. The molecule has 2 N–H and O–H groups in total. The molecule has 4 heteroatoms. The number of thiocarbonyl (C=S) groups is 1. The van der Waals surface area contributed by atoms with Gasteiger partial charge in [0.1, 0.15) is 10.7 Å². The van der Waals surface area contributed by atoms with Crippen LogP contribution in [-0.4, -0.2) is 11.6 Å². The van der Waals surface area contributed by atoms with Crippen LogP contribution >= 0.6 is 12.2 Å². The SMILES string of the molecule is CCCOc1ccccc1Oc1cc(C)ccc1C(N)=S. The maximum absolute atomic E-state index is 5.99. The van der Waals surface area contributed by atoms with Crippen molar-refractivity contribution in [3.8, 4) is 17.2 Å². The van der Waals surface area contributed by atoms with E-state index in [1.165, 1.54) is 0 Å². The molecular formula is C17H19NO2S. The first-order chi connectivity index (χ1) is 10.1. The monoisotopic (exact) mass is 301 g/mol. The summed E-state index contributed by atoms with van der Waals surface area (Å²) in [5, 5.41) is 0. The molecule has 0 bridgehead atoms. The highest BCUT2D eigenvalue weighted by molar-refractivity contribution is 7.80. The molecule has 0 unspecified atom stereocenters. The molecule has 21 heavy (non-hydrogen) atoms. The van der Waals surface area contributed by atoms with E-state index in [0.717, 1.165) is 23.3 Å². The Morgan fingerprint density at radius 2 is 1.81 bits per heavy atom. The van der Waals surface area contributed by atoms with Crippen molar-refractivity contribution in [3.63, 3.8) is 0 Å². The zero-order valence-corrected chi connectivity index (χ0v) is 13.1. The summed E-state index contributed by atoms with van der Waals surface area (Å²) in [4.78, 5) is 0.317. The number of nitrogens with two attached hydrogens (primary N) is 1. The molecule has 3 nitrogen and oxygen atoms in total. The molecule has 0 amide bonds. The molecule has 0 saturated carbocycles. The number of rotatable bonds is 6. The first-order valence-corrected chi connectivity index (χ1v) is 7.32. The molecule has 0 aliphatic heterocycles. The Bertz CT molecular complexity index is 640. The van der Waals surface area contributed by atoms with Crippen molar-refractivity contribution in [2.45, 2.75) is 20.3 Å². The average molecular weight is 301 g/mol. The summed E-state index contributed by atoms with van der Waals surface area (Å²) in [5.41, 5.74) is 7.56. The number of para-hydroxylation sites is 2. The van der Waals surface area contributed by atoms with E-state index in [1.54, 1.807) is 0 Å². The van der Waals surface area contributed by atoms with Crippen molar-refractivity contribution >= 4 is 17.2 Å². The second-order valence-corrected chi connectivity index (χ2v) is 5.20. The molecule has 0 heterocycles. The highest BCUT2D eigenvalue weighted by atomic mass is 32.1. The smallest absolute Gasteiger partial charge is 0.169 e. The topological polar surface area (TPSA) is 44.5 Å². The molecule has 0 aromatic heterocycles. The quantitative estimate of drug-likeness (QED) is 0.812. The number of hydrogen-bond acceptors (Lipinski definition) is 3. The summed E-state index contributed by atoms with van der Waals surface area (Å²) in [6, 6.07) is 13.3. The largest absolute Gasteiger partial charge is 0.490 e. The van der Waals surface area contributed by atoms with Gasteiger partial charge in [0.15, 0.2) is 11.5 Å². The Morgan fingerprint density at radius 1 is 1.10 bits per heavy atom. The molecule has 110 valence electrons. The van der Waals surface area contributed by atoms with Crippen molar-refractivity contribution < 1.29 is 9.47 Å². The summed E-state index contributed by atoms with van der Waals surface area (Å²) in [7, 11) is 0. The van der Waals surface area contributed by atoms with Crippen LogP contribution in [0, 0.1) is 6.92 Å². The van der Waals surface area contributed by atoms with E-state index in [2.05, 4.69) is 6.92 Å². The summed E-state index contributed by atoms with van der Waals surface area (Å²) >= 11 is 5.08. The Balaban J connectivity index is 2.34. The predicted octanol–water partition coefficient (Wildman–Crippen LogP) is 4.21. The van der Waals surface area contributed by atoms with Crippen LogP contribution in [0.1, 0.15) is 24.5 Å². The Morgan fingerprint density at radius 3 is 2.48 bits per heavy atom. The second-order valence-electron chi connectivity index (χ2n) is 4.76. The van der Waals surface area contributed by atoms with Crippen LogP contribution in [0.15, 0.2) is 42.5 Å². The molecular weight excluding hydrogens is 282 g/mol. The van der Waals surface area contributed by atoms with Gasteiger partial charge in [0, 0.05) is 0 Å². The third kappa shape index (κ3) is 3.95.